The smallest absolute Gasteiger partial charge is 0.320 e. The number of hydrogen-bond acceptors (Lipinski definition) is 3. The van der Waals surface area contributed by atoms with Crippen molar-refractivity contribution in [3.05, 3.63) is 0 Å². The van der Waals surface area contributed by atoms with Gasteiger partial charge in [-0.05, 0) is 18.4 Å². The van der Waals surface area contributed by atoms with Crippen LogP contribution in [0.3, 0.4) is 0 Å². The average Bonchev–Trinajstić information content (AvgIpc) is 1.82. The van der Waals surface area contributed by atoms with Crippen molar-refractivity contribution in [3.63, 3.8) is 0 Å². The summed E-state index contributed by atoms with van der Waals surface area (Å²) in [5, 5.41) is 8.27. The second kappa shape index (κ2) is 7.51. The normalized spacial score (nSPS) is 11.8. The minimum atomic E-state index is -0.913. The van der Waals surface area contributed by atoms with Gasteiger partial charge in [0.15, 0.2) is 0 Å². The number of thioether (sulfide) groups is 1. The van der Waals surface area contributed by atoms with Gasteiger partial charge >= 0.3 is 5.97 Å². The predicted octanol–water partition coefficient (Wildman–Crippen LogP) is 0.149. The van der Waals surface area contributed by atoms with E-state index in [4.69, 9.17) is 10.8 Å². The first-order valence-corrected chi connectivity index (χ1v) is 4.05. The Morgan fingerprint density at radius 2 is 2.30 bits per heavy atom. The van der Waals surface area contributed by atoms with E-state index in [1.165, 1.54) is 0 Å². The van der Waals surface area contributed by atoms with Crippen LogP contribution >= 0.6 is 11.8 Å². The first-order valence-electron chi connectivity index (χ1n) is 2.65. The number of rotatable bonds is 4. The van der Waals surface area contributed by atoms with Crippen molar-refractivity contribution in [2.24, 2.45) is 5.73 Å². The monoisotopic (exact) mass is 251 g/mol. The van der Waals surface area contributed by atoms with Gasteiger partial charge in [0.25, 0.3) is 0 Å². The van der Waals surface area contributed by atoms with Crippen molar-refractivity contribution in [1.82, 2.24) is 0 Å². The van der Waals surface area contributed by atoms with E-state index >= 15 is 0 Å². The molecule has 0 saturated heterocycles. The molecule has 0 aliphatic carbocycles. The summed E-state index contributed by atoms with van der Waals surface area (Å²) < 4.78 is 0. The van der Waals surface area contributed by atoms with Crippen LogP contribution in [0.15, 0.2) is 0 Å². The summed E-state index contributed by atoms with van der Waals surface area (Å²) in [4.78, 5) is 10.1. The SMILES string of the molecule is CSCCC(N)C(=O)O.[Ru]. The second-order valence-electron chi connectivity index (χ2n) is 1.73. The fraction of sp³-hybridized carbons (Fsp3) is 0.800. The zero-order valence-corrected chi connectivity index (χ0v) is 8.24. The Labute approximate surface area is 77.5 Å². The molecule has 0 aromatic carbocycles. The Bertz CT molecular complexity index is 102. The summed E-state index contributed by atoms with van der Waals surface area (Å²) in [6, 6.07) is -0.683. The van der Waals surface area contributed by atoms with E-state index in [2.05, 4.69) is 0 Å². The Hall–Kier alpha value is 0.403. The van der Waals surface area contributed by atoms with Gasteiger partial charge in [0, 0.05) is 19.5 Å². The molecule has 0 heterocycles. The third-order valence-electron chi connectivity index (χ3n) is 0.950. The largest absolute Gasteiger partial charge is 0.480 e. The maximum absolute atomic E-state index is 10.1. The zero-order chi connectivity index (χ0) is 7.28. The molecule has 62 valence electrons. The molecule has 3 N–H and O–H groups in total. The van der Waals surface area contributed by atoms with Gasteiger partial charge in [-0.3, -0.25) is 4.79 Å². The van der Waals surface area contributed by atoms with Crippen molar-refractivity contribution in [2.75, 3.05) is 12.0 Å². The van der Waals surface area contributed by atoms with Crippen LogP contribution in [0, 0.1) is 0 Å². The summed E-state index contributed by atoms with van der Waals surface area (Å²) >= 11 is 1.60. The van der Waals surface area contributed by atoms with E-state index in [9.17, 15) is 4.79 Å². The van der Waals surface area contributed by atoms with Gasteiger partial charge in [-0.2, -0.15) is 11.8 Å². The van der Waals surface area contributed by atoms with E-state index in [1.54, 1.807) is 11.8 Å². The van der Waals surface area contributed by atoms with Crippen LogP contribution in [-0.2, 0) is 24.3 Å². The maximum Gasteiger partial charge on any atom is 0.320 e. The minimum Gasteiger partial charge on any atom is -0.480 e. The second-order valence-corrected chi connectivity index (χ2v) is 2.71. The van der Waals surface area contributed by atoms with Crippen LogP contribution in [-0.4, -0.2) is 29.1 Å². The Morgan fingerprint density at radius 1 is 1.80 bits per heavy atom. The van der Waals surface area contributed by atoms with Gasteiger partial charge in [-0.1, -0.05) is 0 Å². The molecule has 3 nitrogen and oxygen atoms in total. The molecule has 0 aliphatic rings. The number of hydrogen-bond donors (Lipinski definition) is 2. The van der Waals surface area contributed by atoms with Gasteiger partial charge in [0.1, 0.15) is 6.04 Å². The van der Waals surface area contributed by atoms with Crippen molar-refractivity contribution in [1.29, 1.82) is 0 Å². The zero-order valence-electron chi connectivity index (χ0n) is 5.69. The maximum atomic E-state index is 10.1. The van der Waals surface area contributed by atoms with Crippen molar-refractivity contribution in [3.8, 4) is 0 Å². The van der Waals surface area contributed by atoms with Crippen molar-refractivity contribution >= 4 is 17.7 Å². The Kier molecular flexibility index (Phi) is 9.78. The van der Waals surface area contributed by atoms with Gasteiger partial charge in [-0.15, -0.1) is 0 Å². The molecule has 0 aromatic heterocycles. The summed E-state index contributed by atoms with van der Waals surface area (Å²) in [6.45, 7) is 0. The Balaban J connectivity index is 0. The molecule has 0 rings (SSSR count). The molecule has 1 atom stereocenters. The fourth-order valence-corrected chi connectivity index (χ4v) is 0.858. The number of carboxylic acids is 1. The molecular formula is C5H11NO2RuS. The van der Waals surface area contributed by atoms with Gasteiger partial charge in [-0.25, -0.2) is 0 Å². The summed E-state index contributed by atoms with van der Waals surface area (Å²) in [6.07, 6.45) is 2.48. The van der Waals surface area contributed by atoms with E-state index in [-0.39, 0.29) is 19.5 Å². The van der Waals surface area contributed by atoms with E-state index in [0.717, 1.165) is 5.75 Å². The standard InChI is InChI=1S/C5H11NO2S.Ru/c1-9-3-2-4(6)5(7)8;/h4H,2-3,6H2,1H3,(H,7,8);. The third-order valence-corrected chi connectivity index (χ3v) is 1.59. The summed E-state index contributed by atoms with van der Waals surface area (Å²) in [5.74, 6) is -0.1000. The molecule has 0 saturated carbocycles. The van der Waals surface area contributed by atoms with E-state index in [1.807, 2.05) is 6.26 Å². The summed E-state index contributed by atoms with van der Waals surface area (Å²) in [7, 11) is 0. The fourth-order valence-electron chi connectivity index (χ4n) is 0.368. The molecule has 0 aromatic rings. The topological polar surface area (TPSA) is 63.3 Å². The number of aliphatic carboxylic acids is 1. The van der Waals surface area contributed by atoms with Gasteiger partial charge < -0.3 is 10.8 Å². The molecule has 1 unspecified atom stereocenters. The van der Waals surface area contributed by atoms with E-state index < -0.39 is 12.0 Å². The minimum absolute atomic E-state index is 0. The third kappa shape index (κ3) is 6.52. The van der Waals surface area contributed by atoms with Crippen LogP contribution in [0.1, 0.15) is 6.42 Å². The first kappa shape index (κ1) is 13.0. The predicted molar refractivity (Wildman–Crippen MR) is 38.6 cm³/mol. The molecular weight excluding hydrogens is 239 g/mol. The Morgan fingerprint density at radius 3 is 2.60 bits per heavy atom. The van der Waals surface area contributed by atoms with Crippen LogP contribution in [0.4, 0.5) is 0 Å². The average molecular weight is 250 g/mol. The number of nitrogens with two attached hydrogens (primary N) is 1. The van der Waals surface area contributed by atoms with Crippen LogP contribution in [0.2, 0.25) is 0 Å². The molecule has 0 spiro atoms. The van der Waals surface area contributed by atoms with Crippen LogP contribution < -0.4 is 5.73 Å². The van der Waals surface area contributed by atoms with Crippen LogP contribution in [0.25, 0.3) is 0 Å². The molecule has 0 bridgehead atoms. The number of carbonyl (C=O) groups is 1. The summed E-state index contributed by atoms with van der Waals surface area (Å²) in [5.41, 5.74) is 5.19. The van der Waals surface area contributed by atoms with Gasteiger partial charge in [0.2, 0.25) is 0 Å². The molecule has 10 heavy (non-hydrogen) atoms. The molecule has 5 heteroatoms. The van der Waals surface area contributed by atoms with Gasteiger partial charge in [0.05, 0.1) is 0 Å². The molecule has 0 amide bonds. The molecule has 0 radical (unpaired) electrons. The van der Waals surface area contributed by atoms with Crippen molar-refractivity contribution in [2.45, 2.75) is 12.5 Å². The first-order chi connectivity index (χ1) is 4.18. The molecule has 0 fully saturated rings. The van der Waals surface area contributed by atoms with E-state index in [0.29, 0.717) is 6.42 Å². The quantitative estimate of drug-likeness (QED) is 0.697. The molecule has 0 aliphatic heterocycles. The van der Waals surface area contributed by atoms with Crippen LogP contribution in [0.5, 0.6) is 0 Å². The number of carboxylic acid groups (broad SMARTS) is 1. The van der Waals surface area contributed by atoms with Crippen molar-refractivity contribution < 1.29 is 29.4 Å².